The van der Waals surface area contributed by atoms with Crippen molar-refractivity contribution in [1.82, 2.24) is 19.9 Å². The number of pyridine rings is 1. The lowest BCUT2D eigenvalue weighted by Gasteiger charge is -2.00. The van der Waals surface area contributed by atoms with Gasteiger partial charge >= 0.3 is 0 Å². The number of hydrogen-bond donors (Lipinski definition) is 1. The van der Waals surface area contributed by atoms with E-state index >= 15 is 0 Å². The molecule has 0 saturated heterocycles. The first-order chi connectivity index (χ1) is 6.31. The standard InChI is InChI=1S/C8H9BrN4/c1-10-4-6-2-3-7-11-12-8(9)13(7)5-6/h2-3,5,10H,4H2,1H3. The Bertz CT molecular complexity index is 423. The van der Waals surface area contributed by atoms with Crippen LogP contribution in [-0.2, 0) is 6.54 Å². The average molecular weight is 241 g/mol. The third-order valence-corrected chi connectivity index (χ3v) is 2.34. The molecule has 0 bridgehead atoms. The molecule has 2 heterocycles. The lowest BCUT2D eigenvalue weighted by molar-refractivity contribution is 0.810. The van der Waals surface area contributed by atoms with Crippen molar-refractivity contribution in [3.8, 4) is 0 Å². The molecule has 0 saturated carbocycles. The SMILES string of the molecule is CNCc1ccc2nnc(Br)n2c1. The van der Waals surface area contributed by atoms with Gasteiger partial charge in [-0.1, -0.05) is 6.07 Å². The van der Waals surface area contributed by atoms with Crippen molar-refractivity contribution in [2.75, 3.05) is 7.05 Å². The minimum Gasteiger partial charge on any atom is -0.316 e. The molecule has 0 amide bonds. The normalized spacial score (nSPS) is 10.9. The number of hydrogen-bond acceptors (Lipinski definition) is 3. The fourth-order valence-electron chi connectivity index (χ4n) is 1.22. The van der Waals surface area contributed by atoms with Crippen LogP contribution < -0.4 is 5.32 Å². The number of nitrogens with zero attached hydrogens (tertiary/aromatic N) is 3. The Morgan fingerprint density at radius 3 is 3.08 bits per heavy atom. The van der Waals surface area contributed by atoms with E-state index in [1.54, 1.807) is 0 Å². The summed E-state index contributed by atoms with van der Waals surface area (Å²) in [6.45, 7) is 0.848. The van der Waals surface area contributed by atoms with Crippen LogP contribution in [0.1, 0.15) is 5.56 Å². The van der Waals surface area contributed by atoms with Gasteiger partial charge in [0.2, 0.25) is 4.73 Å². The van der Waals surface area contributed by atoms with Gasteiger partial charge in [-0.3, -0.25) is 4.40 Å². The largest absolute Gasteiger partial charge is 0.316 e. The first kappa shape index (κ1) is 8.65. The van der Waals surface area contributed by atoms with Crippen LogP contribution >= 0.6 is 15.9 Å². The molecule has 5 heteroatoms. The molecular weight excluding hydrogens is 232 g/mol. The highest BCUT2D eigenvalue weighted by atomic mass is 79.9. The second kappa shape index (κ2) is 3.43. The summed E-state index contributed by atoms with van der Waals surface area (Å²) in [5.74, 6) is 0. The number of fused-ring (bicyclic) bond motifs is 1. The molecule has 2 rings (SSSR count). The Morgan fingerprint density at radius 1 is 1.46 bits per heavy atom. The van der Waals surface area contributed by atoms with Gasteiger partial charge < -0.3 is 5.32 Å². The molecule has 0 aliphatic rings. The molecule has 0 aliphatic carbocycles. The van der Waals surface area contributed by atoms with Crippen molar-refractivity contribution >= 4 is 21.6 Å². The molecule has 0 radical (unpaired) electrons. The molecule has 2 aromatic heterocycles. The Labute approximate surface area is 84.1 Å². The molecule has 13 heavy (non-hydrogen) atoms. The zero-order valence-corrected chi connectivity index (χ0v) is 8.74. The van der Waals surface area contributed by atoms with Gasteiger partial charge in [0.05, 0.1) is 0 Å². The van der Waals surface area contributed by atoms with Gasteiger partial charge in [0, 0.05) is 12.7 Å². The Morgan fingerprint density at radius 2 is 2.31 bits per heavy atom. The first-order valence-corrected chi connectivity index (χ1v) is 4.74. The summed E-state index contributed by atoms with van der Waals surface area (Å²) in [4.78, 5) is 0. The highest BCUT2D eigenvalue weighted by molar-refractivity contribution is 9.10. The zero-order valence-electron chi connectivity index (χ0n) is 7.16. The minimum atomic E-state index is 0.737. The van der Waals surface area contributed by atoms with Gasteiger partial charge in [0.1, 0.15) is 0 Å². The van der Waals surface area contributed by atoms with Crippen molar-refractivity contribution in [1.29, 1.82) is 0 Å². The minimum absolute atomic E-state index is 0.737. The Kier molecular flexibility index (Phi) is 2.28. The number of nitrogens with one attached hydrogen (secondary N) is 1. The summed E-state index contributed by atoms with van der Waals surface area (Å²) >= 11 is 3.32. The highest BCUT2D eigenvalue weighted by Crippen LogP contribution is 2.10. The lowest BCUT2D eigenvalue weighted by Crippen LogP contribution is -2.05. The second-order valence-corrected chi connectivity index (χ2v) is 3.47. The Hall–Kier alpha value is -0.940. The monoisotopic (exact) mass is 240 g/mol. The van der Waals surface area contributed by atoms with Crippen LogP contribution in [0.4, 0.5) is 0 Å². The second-order valence-electron chi connectivity index (χ2n) is 2.76. The summed E-state index contributed by atoms with van der Waals surface area (Å²) in [6, 6.07) is 3.98. The van der Waals surface area contributed by atoms with Crippen LogP contribution in [0.3, 0.4) is 0 Å². The van der Waals surface area contributed by atoms with E-state index in [-0.39, 0.29) is 0 Å². The lowest BCUT2D eigenvalue weighted by atomic mass is 10.3. The number of aromatic nitrogens is 3. The molecule has 0 unspecified atom stereocenters. The van der Waals surface area contributed by atoms with Crippen molar-refractivity contribution in [2.24, 2.45) is 0 Å². The third-order valence-electron chi connectivity index (χ3n) is 1.80. The van der Waals surface area contributed by atoms with Gasteiger partial charge in [0.25, 0.3) is 0 Å². The van der Waals surface area contributed by atoms with Crippen LogP contribution in [0, 0.1) is 0 Å². The fourth-order valence-corrected chi connectivity index (χ4v) is 1.58. The van der Waals surface area contributed by atoms with E-state index in [2.05, 4.69) is 31.4 Å². The smallest absolute Gasteiger partial charge is 0.204 e. The summed E-state index contributed by atoms with van der Waals surface area (Å²) < 4.78 is 2.65. The summed E-state index contributed by atoms with van der Waals surface area (Å²) in [5, 5.41) is 11.0. The quantitative estimate of drug-likeness (QED) is 0.859. The maximum Gasteiger partial charge on any atom is 0.204 e. The highest BCUT2D eigenvalue weighted by Gasteiger charge is 2.01. The molecule has 1 N–H and O–H groups in total. The maximum absolute atomic E-state index is 3.97. The van der Waals surface area contributed by atoms with E-state index in [1.807, 2.05) is 29.8 Å². The van der Waals surface area contributed by atoms with Gasteiger partial charge in [-0.25, -0.2) is 0 Å². The Balaban J connectivity index is 2.53. The number of halogens is 1. The van der Waals surface area contributed by atoms with E-state index in [1.165, 1.54) is 5.56 Å². The van der Waals surface area contributed by atoms with Crippen molar-refractivity contribution in [2.45, 2.75) is 6.54 Å². The molecular formula is C8H9BrN4. The van der Waals surface area contributed by atoms with Crippen molar-refractivity contribution in [3.05, 3.63) is 28.6 Å². The van der Waals surface area contributed by atoms with E-state index in [4.69, 9.17) is 0 Å². The van der Waals surface area contributed by atoms with Gasteiger partial charge in [-0.2, -0.15) is 0 Å². The predicted molar refractivity (Wildman–Crippen MR) is 53.5 cm³/mol. The van der Waals surface area contributed by atoms with E-state index in [0.29, 0.717) is 0 Å². The van der Waals surface area contributed by atoms with Gasteiger partial charge in [-0.05, 0) is 34.6 Å². The van der Waals surface area contributed by atoms with Crippen LogP contribution in [0.5, 0.6) is 0 Å². The van der Waals surface area contributed by atoms with Crippen molar-refractivity contribution < 1.29 is 0 Å². The molecule has 0 spiro atoms. The topological polar surface area (TPSA) is 42.2 Å². The molecule has 0 fully saturated rings. The first-order valence-electron chi connectivity index (χ1n) is 3.95. The van der Waals surface area contributed by atoms with Crippen LogP contribution in [0.2, 0.25) is 0 Å². The van der Waals surface area contributed by atoms with E-state index in [9.17, 15) is 0 Å². The molecule has 0 aliphatic heterocycles. The van der Waals surface area contributed by atoms with E-state index in [0.717, 1.165) is 16.9 Å². The predicted octanol–water partition coefficient (Wildman–Crippen LogP) is 1.21. The summed E-state index contributed by atoms with van der Waals surface area (Å²) in [6.07, 6.45) is 2.01. The average Bonchev–Trinajstić information content (AvgIpc) is 2.49. The zero-order chi connectivity index (χ0) is 9.26. The van der Waals surface area contributed by atoms with E-state index < -0.39 is 0 Å². The van der Waals surface area contributed by atoms with Gasteiger partial charge in [-0.15, -0.1) is 10.2 Å². The molecule has 2 aromatic rings. The molecule has 0 atom stereocenters. The molecule has 4 nitrogen and oxygen atoms in total. The molecule has 0 aromatic carbocycles. The van der Waals surface area contributed by atoms with Crippen LogP contribution in [0.15, 0.2) is 23.1 Å². The fraction of sp³-hybridized carbons (Fsp3) is 0.250. The van der Waals surface area contributed by atoms with Gasteiger partial charge in [0.15, 0.2) is 5.65 Å². The molecule has 68 valence electrons. The third kappa shape index (κ3) is 1.57. The number of rotatable bonds is 2. The summed E-state index contributed by atoms with van der Waals surface area (Å²) in [5.41, 5.74) is 2.06. The summed E-state index contributed by atoms with van der Waals surface area (Å²) in [7, 11) is 1.92. The van der Waals surface area contributed by atoms with Crippen LogP contribution in [-0.4, -0.2) is 21.6 Å². The van der Waals surface area contributed by atoms with Crippen LogP contribution in [0.25, 0.3) is 5.65 Å². The maximum atomic E-state index is 3.97. The van der Waals surface area contributed by atoms with Crippen molar-refractivity contribution in [3.63, 3.8) is 0 Å².